The third-order valence-corrected chi connectivity index (χ3v) is 5.29. The summed E-state index contributed by atoms with van der Waals surface area (Å²) >= 11 is 0. The van der Waals surface area contributed by atoms with Crippen molar-refractivity contribution in [1.82, 2.24) is 14.8 Å². The summed E-state index contributed by atoms with van der Waals surface area (Å²) in [5, 5.41) is 25.7. The number of hydrogen-bond donors (Lipinski definition) is 1. The molecule has 0 saturated carbocycles. The highest BCUT2D eigenvalue weighted by Crippen LogP contribution is 2.35. The van der Waals surface area contributed by atoms with Gasteiger partial charge in [-0.3, -0.25) is 9.67 Å². The molecule has 2 heterocycles. The maximum atomic E-state index is 9.77. The van der Waals surface area contributed by atoms with E-state index in [2.05, 4.69) is 43.6 Å². The molecule has 1 N–H and O–H groups in total. The van der Waals surface area contributed by atoms with Gasteiger partial charge in [-0.05, 0) is 48.2 Å². The third-order valence-electron chi connectivity index (χ3n) is 5.29. The van der Waals surface area contributed by atoms with Crippen molar-refractivity contribution in [2.75, 3.05) is 0 Å². The van der Waals surface area contributed by atoms with Crippen LogP contribution < -0.4 is 0 Å². The zero-order valence-corrected chi connectivity index (χ0v) is 16.6. The molecule has 0 unspecified atom stereocenters. The number of rotatable bonds is 5. The van der Waals surface area contributed by atoms with Gasteiger partial charge in [0.05, 0.1) is 35.4 Å². The Balaban J connectivity index is 2.08. The van der Waals surface area contributed by atoms with E-state index in [1.165, 1.54) is 11.1 Å². The number of aryl methyl sites for hydroxylation is 2. The number of fused-ring (bicyclic) bond motifs is 3. The van der Waals surface area contributed by atoms with E-state index < -0.39 is 0 Å². The SMILES string of the molecule is C=C(O)Cn1nc(-c2ccc(C#N)cc2)c2c3cc(CC)c(CC)cc3ncc21. The highest BCUT2D eigenvalue weighted by Gasteiger charge is 2.18. The molecule has 4 rings (SSSR count). The molecule has 0 radical (unpaired) electrons. The van der Waals surface area contributed by atoms with Gasteiger partial charge in [0.15, 0.2) is 0 Å². The lowest BCUT2D eigenvalue weighted by molar-refractivity contribution is 0.373. The number of aromatic nitrogens is 3. The molecule has 0 aliphatic rings. The van der Waals surface area contributed by atoms with E-state index in [0.29, 0.717) is 5.56 Å². The summed E-state index contributed by atoms with van der Waals surface area (Å²) in [6, 6.07) is 13.9. The first kappa shape index (κ1) is 18.7. The fraction of sp³-hybridized carbons (Fsp3) is 0.208. The summed E-state index contributed by atoms with van der Waals surface area (Å²) < 4.78 is 1.73. The second-order valence-electron chi connectivity index (χ2n) is 7.13. The van der Waals surface area contributed by atoms with Crippen LogP contribution in [0, 0.1) is 11.3 Å². The van der Waals surface area contributed by atoms with Gasteiger partial charge in [0.2, 0.25) is 0 Å². The fourth-order valence-corrected chi connectivity index (χ4v) is 3.84. The van der Waals surface area contributed by atoms with Crippen molar-refractivity contribution in [3.63, 3.8) is 0 Å². The molecule has 0 aliphatic carbocycles. The maximum absolute atomic E-state index is 9.77. The molecule has 5 heteroatoms. The Hall–Kier alpha value is -3.65. The van der Waals surface area contributed by atoms with E-state index in [1.54, 1.807) is 16.8 Å². The molecule has 0 saturated heterocycles. The summed E-state index contributed by atoms with van der Waals surface area (Å²) in [5.74, 6) is 0.0384. The van der Waals surface area contributed by atoms with E-state index >= 15 is 0 Å². The number of pyridine rings is 1. The van der Waals surface area contributed by atoms with Crippen molar-refractivity contribution in [1.29, 1.82) is 5.26 Å². The van der Waals surface area contributed by atoms with Gasteiger partial charge in [-0.15, -0.1) is 0 Å². The van der Waals surface area contributed by atoms with Crippen molar-refractivity contribution < 1.29 is 5.11 Å². The maximum Gasteiger partial charge on any atom is 0.107 e. The Labute approximate surface area is 169 Å². The number of nitrogens with zero attached hydrogens (tertiary/aromatic N) is 4. The summed E-state index contributed by atoms with van der Waals surface area (Å²) in [6.07, 6.45) is 3.72. The molecule has 0 atom stereocenters. The Morgan fingerprint density at radius 1 is 1.14 bits per heavy atom. The van der Waals surface area contributed by atoms with Gasteiger partial charge < -0.3 is 5.11 Å². The highest BCUT2D eigenvalue weighted by atomic mass is 16.3. The minimum absolute atomic E-state index is 0.0384. The standard InChI is InChI=1S/C24H22N4O/c1-4-17-10-20-21(11-18(17)5-2)26-13-22-23(20)24(27-28(22)14-15(3)29)19-8-6-16(12-25)7-9-19/h6-11,13,29H,3-5,14H2,1-2H3. The fourth-order valence-electron chi connectivity index (χ4n) is 3.84. The molecule has 144 valence electrons. The zero-order valence-electron chi connectivity index (χ0n) is 16.6. The van der Waals surface area contributed by atoms with E-state index in [4.69, 9.17) is 10.4 Å². The average molecular weight is 382 g/mol. The Morgan fingerprint density at radius 3 is 2.45 bits per heavy atom. The summed E-state index contributed by atoms with van der Waals surface area (Å²) in [4.78, 5) is 4.68. The third kappa shape index (κ3) is 3.23. The molecule has 2 aromatic carbocycles. The van der Waals surface area contributed by atoms with E-state index in [1.807, 2.05) is 18.3 Å². The zero-order chi connectivity index (χ0) is 20.5. The first-order valence-electron chi connectivity index (χ1n) is 9.74. The summed E-state index contributed by atoms with van der Waals surface area (Å²) in [6.45, 7) is 8.13. The van der Waals surface area contributed by atoms with Crippen LogP contribution in [0.1, 0.15) is 30.5 Å². The number of benzene rings is 2. The highest BCUT2D eigenvalue weighted by molar-refractivity contribution is 6.11. The molecule has 29 heavy (non-hydrogen) atoms. The molecule has 0 aliphatic heterocycles. The van der Waals surface area contributed by atoms with Crippen molar-refractivity contribution in [2.45, 2.75) is 33.2 Å². The summed E-state index contributed by atoms with van der Waals surface area (Å²) in [7, 11) is 0. The quantitative estimate of drug-likeness (QED) is 0.474. The van der Waals surface area contributed by atoms with Gasteiger partial charge >= 0.3 is 0 Å². The van der Waals surface area contributed by atoms with Crippen LogP contribution in [0.25, 0.3) is 33.1 Å². The molecule has 2 aromatic heterocycles. The number of allylic oxidation sites excluding steroid dienone is 1. The van der Waals surface area contributed by atoms with E-state index in [9.17, 15) is 5.11 Å². The largest absolute Gasteiger partial charge is 0.511 e. The molecule has 5 nitrogen and oxygen atoms in total. The van der Waals surface area contributed by atoms with Gasteiger partial charge in [-0.1, -0.05) is 32.6 Å². The van der Waals surface area contributed by atoms with Crippen molar-refractivity contribution in [2.24, 2.45) is 0 Å². The van der Waals surface area contributed by atoms with Gasteiger partial charge in [-0.25, -0.2) is 0 Å². The van der Waals surface area contributed by atoms with Crippen LogP contribution in [0.4, 0.5) is 0 Å². The molecule has 0 amide bonds. The first-order chi connectivity index (χ1) is 14.0. The lowest BCUT2D eigenvalue weighted by atomic mass is 9.97. The predicted octanol–water partition coefficient (Wildman–Crippen LogP) is 5.32. The van der Waals surface area contributed by atoms with Crippen LogP contribution in [0.15, 0.2) is 54.9 Å². The topological polar surface area (TPSA) is 74.7 Å². The normalized spacial score (nSPS) is 11.1. The molecular formula is C24H22N4O. The Bertz CT molecular complexity index is 1280. The van der Waals surface area contributed by atoms with Gasteiger partial charge in [0.1, 0.15) is 11.5 Å². The minimum Gasteiger partial charge on any atom is -0.511 e. The number of nitriles is 1. The van der Waals surface area contributed by atoms with Gasteiger partial charge in [0.25, 0.3) is 0 Å². The van der Waals surface area contributed by atoms with Crippen molar-refractivity contribution in [3.05, 3.63) is 71.6 Å². The second kappa shape index (κ2) is 7.40. The minimum atomic E-state index is 0.0384. The molecule has 0 fully saturated rings. The average Bonchev–Trinajstić information content (AvgIpc) is 3.10. The van der Waals surface area contributed by atoms with Crippen LogP contribution in [0.5, 0.6) is 0 Å². The monoisotopic (exact) mass is 382 g/mol. The smallest absolute Gasteiger partial charge is 0.107 e. The summed E-state index contributed by atoms with van der Waals surface area (Å²) in [5.41, 5.74) is 6.73. The van der Waals surface area contributed by atoms with Crippen LogP contribution in [-0.2, 0) is 19.4 Å². The van der Waals surface area contributed by atoms with Gasteiger partial charge in [0, 0.05) is 16.3 Å². The van der Waals surface area contributed by atoms with E-state index in [0.717, 1.165) is 45.9 Å². The Kier molecular flexibility index (Phi) is 4.77. The molecule has 4 aromatic rings. The van der Waals surface area contributed by atoms with Crippen LogP contribution in [-0.4, -0.2) is 19.9 Å². The molecule has 0 spiro atoms. The van der Waals surface area contributed by atoms with E-state index in [-0.39, 0.29) is 12.3 Å². The van der Waals surface area contributed by atoms with Crippen molar-refractivity contribution in [3.8, 4) is 17.3 Å². The number of hydrogen-bond acceptors (Lipinski definition) is 4. The predicted molar refractivity (Wildman–Crippen MR) is 116 cm³/mol. The van der Waals surface area contributed by atoms with Crippen molar-refractivity contribution >= 4 is 21.8 Å². The molecule has 0 bridgehead atoms. The molecular weight excluding hydrogens is 360 g/mol. The number of aliphatic hydroxyl groups excluding tert-OH is 1. The van der Waals surface area contributed by atoms with Crippen LogP contribution in [0.2, 0.25) is 0 Å². The lowest BCUT2D eigenvalue weighted by Crippen LogP contribution is -2.02. The van der Waals surface area contributed by atoms with Crippen LogP contribution >= 0.6 is 0 Å². The van der Waals surface area contributed by atoms with Crippen LogP contribution in [0.3, 0.4) is 0 Å². The van der Waals surface area contributed by atoms with Gasteiger partial charge in [-0.2, -0.15) is 10.4 Å². The lowest BCUT2D eigenvalue weighted by Gasteiger charge is -2.10. The second-order valence-corrected chi connectivity index (χ2v) is 7.13. The Morgan fingerprint density at radius 2 is 1.83 bits per heavy atom. The number of aliphatic hydroxyl groups is 1. The first-order valence-corrected chi connectivity index (χ1v) is 9.74.